The van der Waals surface area contributed by atoms with Crippen LogP contribution in [0.4, 0.5) is 0 Å². The molecule has 0 amide bonds. The second-order valence-corrected chi connectivity index (χ2v) is 5.47. The summed E-state index contributed by atoms with van der Waals surface area (Å²) in [6, 6.07) is 0.459. The smallest absolute Gasteiger partial charge is 0.0778 e. The Labute approximate surface area is 114 Å². The number of rotatable bonds is 12. The Bertz CT molecular complexity index is 201. The van der Waals surface area contributed by atoms with E-state index in [-0.39, 0.29) is 5.60 Å². The van der Waals surface area contributed by atoms with Crippen LogP contribution in [0, 0.1) is 0 Å². The van der Waals surface area contributed by atoms with E-state index in [2.05, 4.69) is 39.6 Å². The predicted molar refractivity (Wildman–Crippen MR) is 81.1 cm³/mol. The second kappa shape index (κ2) is 10.6. The van der Waals surface area contributed by atoms with E-state index in [1.54, 1.807) is 0 Å². The van der Waals surface area contributed by atoms with E-state index >= 15 is 0 Å². The normalized spacial score (nSPS) is 13.6. The largest absolute Gasteiger partial charge is 0.374 e. The molecule has 2 nitrogen and oxygen atoms in total. The number of allylic oxidation sites excluding steroid dienone is 1. The van der Waals surface area contributed by atoms with Gasteiger partial charge in [0.2, 0.25) is 0 Å². The van der Waals surface area contributed by atoms with Gasteiger partial charge in [0, 0.05) is 12.6 Å². The van der Waals surface area contributed by atoms with Gasteiger partial charge >= 0.3 is 0 Å². The van der Waals surface area contributed by atoms with Crippen molar-refractivity contribution < 1.29 is 4.74 Å². The summed E-state index contributed by atoms with van der Waals surface area (Å²) in [5.41, 5.74) is -0.0671. The van der Waals surface area contributed by atoms with Gasteiger partial charge in [-0.2, -0.15) is 0 Å². The molecule has 1 atom stereocenters. The van der Waals surface area contributed by atoms with Crippen LogP contribution in [0.5, 0.6) is 0 Å². The number of hydrogen-bond acceptors (Lipinski definition) is 2. The number of hydrogen-bond donors (Lipinski definition) is 1. The fourth-order valence-corrected chi connectivity index (χ4v) is 2.30. The minimum atomic E-state index is -0.0671. The maximum atomic E-state index is 5.89. The first-order chi connectivity index (χ1) is 8.58. The van der Waals surface area contributed by atoms with E-state index in [0.717, 1.165) is 19.6 Å². The molecular formula is C16H33NO. The molecule has 0 aromatic heterocycles. The first-order valence-electron chi connectivity index (χ1n) is 7.56. The first kappa shape index (κ1) is 17.7. The van der Waals surface area contributed by atoms with Gasteiger partial charge in [-0.1, -0.05) is 25.8 Å². The van der Waals surface area contributed by atoms with Crippen molar-refractivity contribution in [1.82, 2.24) is 5.32 Å². The Morgan fingerprint density at radius 2 is 1.94 bits per heavy atom. The summed E-state index contributed by atoms with van der Waals surface area (Å²) in [4.78, 5) is 0. The quantitative estimate of drug-likeness (QED) is 0.414. The summed E-state index contributed by atoms with van der Waals surface area (Å²) in [7, 11) is 0. The van der Waals surface area contributed by atoms with Crippen LogP contribution >= 0.6 is 0 Å². The van der Waals surface area contributed by atoms with Gasteiger partial charge in [0.25, 0.3) is 0 Å². The lowest BCUT2D eigenvalue weighted by molar-refractivity contribution is -0.0405. The molecule has 0 bridgehead atoms. The topological polar surface area (TPSA) is 21.3 Å². The molecule has 1 unspecified atom stereocenters. The fraction of sp³-hybridized carbons (Fsp3) is 0.875. The number of unbranched alkanes of at least 4 members (excludes halogenated alkanes) is 3. The Morgan fingerprint density at radius 3 is 2.50 bits per heavy atom. The maximum Gasteiger partial charge on any atom is 0.0778 e. The van der Waals surface area contributed by atoms with Crippen molar-refractivity contribution in [1.29, 1.82) is 0 Å². The zero-order valence-electron chi connectivity index (χ0n) is 12.9. The third-order valence-corrected chi connectivity index (χ3v) is 3.40. The van der Waals surface area contributed by atoms with E-state index in [4.69, 9.17) is 4.74 Å². The minimum Gasteiger partial charge on any atom is -0.374 e. The van der Waals surface area contributed by atoms with Crippen LogP contribution in [-0.2, 0) is 4.74 Å². The molecular weight excluding hydrogens is 222 g/mol. The van der Waals surface area contributed by atoms with Gasteiger partial charge in [-0.25, -0.2) is 0 Å². The molecule has 0 aromatic carbocycles. The SMILES string of the molecule is C=CCCCCCC(NCCC)C(C)(C)OCC. The van der Waals surface area contributed by atoms with Crippen molar-refractivity contribution in [2.75, 3.05) is 13.2 Å². The molecule has 0 heterocycles. The molecule has 0 fully saturated rings. The lowest BCUT2D eigenvalue weighted by Gasteiger charge is -2.35. The van der Waals surface area contributed by atoms with E-state index in [1.165, 1.54) is 32.1 Å². The van der Waals surface area contributed by atoms with Gasteiger partial charge in [-0.3, -0.25) is 0 Å². The van der Waals surface area contributed by atoms with Gasteiger partial charge in [0.15, 0.2) is 0 Å². The molecule has 0 aliphatic carbocycles. The third kappa shape index (κ3) is 7.88. The van der Waals surface area contributed by atoms with Gasteiger partial charge in [-0.05, 0) is 53.0 Å². The van der Waals surface area contributed by atoms with Crippen molar-refractivity contribution in [3.63, 3.8) is 0 Å². The molecule has 0 spiro atoms. The highest BCUT2D eigenvalue weighted by atomic mass is 16.5. The van der Waals surface area contributed by atoms with Gasteiger partial charge < -0.3 is 10.1 Å². The monoisotopic (exact) mass is 255 g/mol. The highest BCUT2D eigenvalue weighted by Crippen LogP contribution is 2.20. The minimum absolute atomic E-state index is 0.0671. The molecule has 2 heteroatoms. The Kier molecular flexibility index (Phi) is 10.4. The second-order valence-electron chi connectivity index (χ2n) is 5.47. The average molecular weight is 255 g/mol. The lowest BCUT2D eigenvalue weighted by Crippen LogP contribution is -2.48. The molecule has 0 aliphatic heterocycles. The van der Waals surface area contributed by atoms with Crippen LogP contribution in [0.25, 0.3) is 0 Å². The molecule has 0 aliphatic rings. The molecule has 18 heavy (non-hydrogen) atoms. The summed E-state index contributed by atoms with van der Waals surface area (Å²) < 4.78 is 5.89. The van der Waals surface area contributed by atoms with Crippen LogP contribution in [0.3, 0.4) is 0 Å². The van der Waals surface area contributed by atoms with E-state index < -0.39 is 0 Å². The van der Waals surface area contributed by atoms with Crippen LogP contribution in [0.15, 0.2) is 12.7 Å². The van der Waals surface area contributed by atoms with E-state index in [9.17, 15) is 0 Å². The average Bonchev–Trinajstić information content (AvgIpc) is 2.32. The van der Waals surface area contributed by atoms with Crippen molar-refractivity contribution in [3.8, 4) is 0 Å². The van der Waals surface area contributed by atoms with Crippen molar-refractivity contribution in [2.24, 2.45) is 0 Å². The zero-order valence-corrected chi connectivity index (χ0v) is 12.9. The van der Waals surface area contributed by atoms with Gasteiger partial charge in [0.1, 0.15) is 0 Å². The van der Waals surface area contributed by atoms with Crippen LogP contribution in [0.2, 0.25) is 0 Å². The number of nitrogens with one attached hydrogen (secondary N) is 1. The molecule has 0 rings (SSSR count). The lowest BCUT2D eigenvalue weighted by atomic mass is 9.92. The van der Waals surface area contributed by atoms with Crippen LogP contribution < -0.4 is 5.32 Å². The van der Waals surface area contributed by atoms with Crippen molar-refractivity contribution >= 4 is 0 Å². The predicted octanol–water partition coefficient (Wildman–Crippen LogP) is 4.31. The molecule has 108 valence electrons. The molecule has 0 saturated heterocycles. The molecule has 1 N–H and O–H groups in total. The maximum absolute atomic E-state index is 5.89. The van der Waals surface area contributed by atoms with Crippen molar-refractivity contribution in [3.05, 3.63) is 12.7 Å². The molecule has 0 radical (unpaired) electrons. The number of ether oxygens (including phenoxy) is 1. The zero-order chi connectivity index (χ0) is 13.9. The highest BCUT2D eigenvalue weighted by Gasteiger charge is 2.28. The summed E-state index contributed by atoms with van der Waals surface area (Å²) in [5, 5.41) is 3.64. The van der Waals surface area contributed by atoms with Gasteiger partial charge in [-0.15, -0.1) is 6.58 Å². The van der Waals surface area contributed by atoms with E-state index in [0.29, 0.717) is 6.04 Å². The Morgan fingerprint density at radius 1 is 1.22 bits per heavy atom. The summed E-state index contributed by atoms with van der Waals surface area (Å²) >= 11 is 0. The highest BCUT2D eigenvalue weighted by molar-refractivity contribution is 4.85. The van der Waals surface area contributed by atoms with Crippen LogP contribution in [0.1, 0.15) is 66.2 Å². The Balaban J connectivity index is 4.08. The van der Waals surface area contributed by atoms with E-state index in [1.807, 2.05) is 6.08 Å². The fourth-order valence-electron chi connectivity index (χ4n) is 2.30. The van der Waals surface area contributed by atoms with Crippen LogP contribution in [-0.4, -0.2) is 24.8 Å². The summed E-state index contributed by atoms with van der Waals surface area (Å²) in [6.45, 7) is 14.3. The molecule has 0 saturated carbocycles. The standard InChI is InChI=1S/C16H33NO/c1-6-9-10-11-12-13-15(17-14-7-2)16(4,5)18-8-3/h6,15,17H,1,7-14H2,2-5H3. The first-order valence-corrected chi connectivity index (χ1v) is 7.56. The van der Waals surface area contributed by atoms with Gasteiger partial charge in [0.05, 0.1) is 5.60 Å². The molecule has 0 aromatic rings. The van der Waals surface area contributed by atoms with Crippen molar-refractivity contribution in [2.45, 2.75) is 77.9 Å². The summed E-state index contributed by atoms with van der Waals surface area (Å²) in [6.07, 6.45) is 9.35. The third-order valence-electron chi connectivity index (χ3n) is 3.40. The summed E-state index contributed by atoms with van der Waals surface area (Å²) in [5.74, 6) is 0. The Hall–Kier alpha value is -0.340.